The van der Waals surface area contributed by atoms with Gasteiger partial charge in [0.25, 0.3) is 0 Å². The number of unbranched alkanes of at least 4 members (excludes halogenated alkanes) is 1. The number of rotatable bonds is 7. The molecule has 0 saturated carbocycles. The standard InChI is InChI=1S/C17H18ClN3OS/c1-2-3-11-23-17-20-19-16(13-6-8-14(18)9-7-13)21(17)12-15-5-4-10-22-15/h4-10H,2-3,11-12H2,1H3. The van der Waals surface area contributed by atoms with E-state index in [1.54, 1.807) is 18.0 Å². The van der Waals surface area contributed by atoms with Crippen LogP contribution >= 0.6 is 23.4 Å². The monoisotopic (exact) mass is 347 g/mol. The van der Waals surface area contributed by atoms with Crippen LogP contribution in [-0.4, -0.2) is 20.5 Å². The molecule has 0 bridgehead atoms. The number of nitrogens with zero attached hydrogens (tertiary/aromatic N) is 3. The third-order valence-corrected chi connectivity index (χ3v) is 4.75. The molecule has 4 nitrogen and oxygen atoms in total. The lowest BCUT2D eigenvalue weighted by molar-refractivity contribution is 0.485. The van der Waals surface area contributed by atoms with E-state index in [1.807, 2.05) is 36.4 Å². The third-order valence-electron chi connectivity index (χ3n) is 3.44. The van der Waals surface area contributed by atoms with Crippen LogP contribution in [0, 0.1) is 0 Å². The number of aromatic nitrogens is 3. The molecular weight excluding hydrogens is 330 g/mol. The average Bonchev–Trinajstić information content (AvgIpc) is 3.20. The van der Waals surface area contributed by atoms with Gasteiger partial charge in [0.15, 0.2) is 11.0 Å². The summed E-state index contributed by atoms with van der Waals surface area (Å²) in [7, 11) is 0. The number of hydrogen-bond acceptors (Lipinski definition) is 4. The number of benzene rings is 1. The van der Waals surface area contributed by atoms with Gasteiger partial charge in [-0.25, -0.2) is 0 Å². The summed E-state index contributed by atoms with van der Waals surface area (Å²) in [5.41, 5.74) is 0.996. The van der Waals surface area contributed by atoms with Gasteiger partial charge in [-0.1, -0.05) is 36.7 Å². The Morgan fingerprint density at radius 3 is 2.70 bits per heavy atom. The molecule has 6 heteroatoms. The second kappa shape index (κ2) is 7.70. The van der Waals surface area contributed by atoms with Gasteiger partial charge in [0, 0.05) is 16.3 Å². The summed E-state index contributed by atoms with van der Waals surface area (Å²) in [6, 6.07) is 11.5. The number of thioether (sulfide) groups is 1. The predicted octanol–water partition coefficient (Wildman–Crippen LogP) is 5.13. The van der Waals surface area contributed by atoms with Gasteiger partial charge >= 0.3 is 0 Å². The zero-order chi connectivity index (χ0) is 16.1. The first kappa shape index (κ1) is 16.1. The highest BCUT2D eigenvalue weighted by Gasteiger charge is 2.15. The zero-order valence-electron chi connectivity index (χ0n) is 12.9. The minimum absolute atomic E-state index is 0.617. The number of hydrogen-bond donors (Lipinski definition) is 0. The summed E-state index contributed by atoms with van der Waals surface area (Å²) in [6.45, 7) is 2.81. The van der Waals surface area contributed by atoms with Crippen molar-refractivity contribution in [1.29, 1.82) is 0 Å². The Morgan fingerprint density at radius 2 is 2.00 bits per heavy atom. The van der Waals surface area contributed by atoms with Crippen LogP contribution in [0.4, 0.5) is 0 Å². The number of furan rings is 1. The Kier molecular flexibility index (Phi) is 5.41. The fourth-order valence-electron chi connectivity index (χ4n) is 2.22. The molecular formula is C17H18ClN3OS. The van der Waals surface area contributed by atoms with Crippen LogP contribution in [0.15, 0.2) is 52.2 Å². The first-order valence-corrected chi connectivity index (χ1v) is 8.98. The summed E-state index contributed by atoms with van der Waals surface area (Å²) in [4.78, 5) is 0. The lowest BCUT2D eigenvalue weighted by Crippen LogP contribution is -2.03. The van der Waals surface area contributed by atoms with E-state index >= 15 is 0 Å². The quantitative estimate of drug-likeness (QED) is 0.439. The lowest BCUT2D eigenvalue weighted by Gasteiger charge is -2.08. The zero-order valence-corrected chi connectivity index (χ0v) is 14.5. The van der Waals surface area contributed by atoms with Crippen LogP contribution in [-0.2, 0) is 6.54 Å². The molecule has 0 fully saturated rings. The van der Waals surface area contributed by atoms with Crippen LogP contribution < -0.4 is 0 Å². The molecule has 1 aromatic carbocycles. The molecule has 3 rings (SSSR count). The van der Waals surface area contributed by atoms with Crippen molar-refractivity contribution in [1.82, 2.24) is 14.8 Å². The maximum Gasteiger partial charge on any atom is 0.191 e. The van der Waals surface area contributed by atoms with Gasteiger partial charge in [-0.2, -0.15) is 0 Å². The van der Waals surface area contributed by atoms with Gasteiger partial charge in [-0.05, 0) is 42.8 Å². The molecule has 0 saturated heterocycles. The first-order valence-electron chi connectivity index (χ1n) is 7.62. The summed E-state index contributed by atoms with van der Waals surface area (Å²) in [5, 5.41) is 10.4. The van der Waals surface area contributed by atoms with Gasteiger partial charge in [0.05, 0.1) is 12.8 Å². The third kappa shape index (κ3) is 3.98. The highest BCUT2D eigenvalue weighted by Crippen LogP contribution is 2.26. The Balaban J connectivity index is 1.92. The van der Waals surface area contributed by atoms with Crippen LogP contribution in [0.3, 0.4) is 0 Å². The van der Waals surface area contributed by atoms with Gasteiger partial charge in [0.2, 0.25) is 0 Å². The molecule has 0 aliphatic rings. The second-order valence-electron chi connectivity index (χ2n) is 5.18. The van der Waals surface area contributed by atoms with E-state index in [1.165, 1.54) is 6.42 Å². The van der Waals surface area contributed by atoms with E-state index in [0.29, 0.717) is 11.6 Å². The summed E-state index contributed by atoms with van der Waals surface area (Å²) in [6.07, 6.45) is 4.02. The Morgan fingerprint density at radius 1 is 1.17 bits per heavy atom. The highest BCUT2D eigenvalue weighted by molar-refractivity contribution is 7.99. The molecule has 0 spiro atoms. The topological polar surface area (TPSA) is 43.9 Å². The maximum absolute atomic E-state index is 5.98. The van der Waals surface area contributed by atoms with Crippen molar-refractivity contribution >= 4 is 23.4 Å². The van der Waals surface area contributed by atoms with E-state index in [4.69, 9.17) is 16.0 Å². The highest BCUT2D eigenvalue weighted by atomic mass is 35.5. The molecule has 120 valence electrons. The minimum atomic E-state index is 0.617. The molecule has 0 aliphatic carbocycles. The molecule has 0 N–H and O–H groups in total. The van der Waals surface area contributed by atoms with Crippen molar-refractivity contribution in [3.05, 3.63) is 53.4 Å². The molecule has 0 radical (unpaired) electrons. The fraction of sp³-hybridized carbons (Fsp3) is 0.294. The van der Waals surface area contributed by atoms with Crippen molar-refractivity contribution in [2.75, 3.05) is 5.75 Å². The summed E-state index contributed by atoms with van der Waals surface area (Å²) >= 11 is 7.72. The molecule has 23 heavy (non-hydrogen) atoms. The van der Waals surface area contributed by atoms with Crippen molar-refractivity contribution in [2.24, 2.45) is 0 Å². The Bertz CT molecular complexity index is 738. The van der Waals surface area contributed by atoms with Gasteiger partial charge in [0.1, 0.15) is 5.76 Å². The molecule has 2 heterocycles. The lowest BCUT2D eigenvalue weighted by atomic mass is 10.2. The molecule has 2 aromatic heterocycles. The van der Waals surface area contributed by atoms with Crippen LogP contribution in [0.5, 0.6) is 0 Å². The molecule has 3 aromatic rings. The van der Waals surface area contributed by atoms with Gasteiger partial charge in [-0.15, -0.1) is 10.2 Å². The largest absolute Gasteiger partial charge is 0.467 e. The van der Waals surface area contributed by atoms with Crippen molar-refractivity contribution in [3.63, 3.8) is 0 Å². The predicted molar refractivity (Wildman–Crippen MR) is 93.9 cm³/mol. The smallest absolute Gasteiger partial charge is 0.191 e. The van der Waals surface area contributed by atoms with Crippen molar-refractivity contribution in [2.45, 2.75) is 31.5 Å². The normalized spacial score (nSPS) is 11.0. The molecule has 0 aliphatic heterocycles. The van der Waals surface area contributed by atoms with Gasteiger partial charge < -0.3 is 4.42 Å². The Hall–Kier alpha value is -1.72. The summed E-state index contributed by atoms with van der Waals surface area (Å²) in [5.74, 6) is 2.75. The van der Waals surface area contributed by atoms with Crippen molar-refractivity contribution in [3.8, 4) is 11.4 Å². The Labute approximate surface area is 144 Å². The molecule has 0 amide bonds. The first-order chi connectivity index (χ1) is 11.3. The average molecular weight is 348 g/mol. The van der Waals surface area contributed by atoms with E-state index in [0.717, 1.165) is 34.5 Å². The van der Waals surface area contributed by atoms with Crippen LogP contribution in [0.2, 0.25) is 5.02 Å². The van der Waals surface area contributed by atoms with Crippen molar-refractivity contribution < 1.29 is 4.42 Å². The molecule has 0 unspecified atom stereocenters. The summed E-state index contributed by atoms with van der Waals surface area (Å²) < 4.78 is 7.59. The van der Waals surface area contributed by atoms with E-state index in [-0.39, 0.29) is 0 Å². The second-order valence-corrected chi connectivity index (χ2v) is 6.68. The molecule has 0 atom stereocenters. The van der Waals surface area contributed by atoms with E-state index in [2.05, 4.69) is 21.7 Å². The fourth-order valence-corrected chi connectivity index (χ4v) is 3.36. The maximum atomic E-state index is 5.98. The van der Waals surface area contributed by atoms with Crippen LogP contribution in [0.1, 0.15) is 25.5 Å². The SMILES string of the molecule is CCCCSc1nnc(-c2ccc(Cl)cc2)n1Cc1ccco1. The van der Waals surface area contributed by atoms with E-state index in [9.17, 15) is 0 Å². The van der Waals surface area contributed by atoms with Gasteiger partial charge in [-0.3, -0.25) is 4.57 Å². The number of halogens is 1. The minimum Gasteiger partial charge on any atom is -0.467 e. The van der Waals surface area contributed by atoms with Crippen LogP contribution in [0.25, 0.3) is 11.4 Å². The van der Waals surface area contributed by atoms with E-state index < -0.39 is 0 Å².